The molecule has 1 rings (SSSR count). The van der Waals surface area contributed by atoms with Crippen LogP contribution in [0.4, 0.5) is 8.78 Å². The van der Waals surface area contributed by atoms with E-state index in [-0.39, 0.29) is 10.3 Å². The molecule has 0 bridgehead atoms. The van der Waals surface area contributed by atoms with Crippen molar-refractivity contribution in [3.8, 4) is 0 Å². The second kappa shape index (κ2) is 6.11. The van der Waals surface area contributed by atoms with Crippen molar-refractivity contribution < 1.29 is 8.78 Å². The number of rotatable bonds is 4. The molecule has 0 saturated heterocycles. The number of nitrogens with zero attached hydrogens (tertiary/aromatic N) is 2. The van der Waals surface area contributed by atoms with Crippen molar-refractivity contribution in [2.75, 3.05) is 0 Å². The summed E-state index contributed by atoms with van der Waals surface area (Å²) < 4.78 is 28.2. The van der Waals surface area contributed by atoms with Gasteiger partial charge in [-0.05, 0) is 18.6 Å². The first-order valence-electron chi connectivity index (χ1n) is 5.08. The number of aliphatic imine (C=N–C) groups is 1. The lowest BCUT2D eigenvalue weighted by Crippen LogP contribution is -2.17. The molecule has 0 saturated carbocycles. The molecule has 0 unspecified atom stereocenters. The Morgan fingerprint density at radius 3 is 2.44 bits per heavy atom. The Balaban J connectivity index is 3.22. The molecule has 1 aromatic heterocycles. The summed E-state index contributed by atoms with van der Waals surface area (Å²) in [6, 6.07) is 2.05. The van der Waals surface area contributed by atoms with Crippen LogP contribution in [-0.4, -0.2) is 11.2 Å². The summed E-state index contributed by atoms with van der Waals surface area (Å²) >= 11 is 11.2. The minimum Gasteiger partial charge on any atom is -0.403 e. The lowest BCUT2D eigenvalue weighted by atomic mass is 10.1. The average molecular weight is 294 g/mol. The third-order valence-corrected chi connectivity index (χ3v) is 2.41. The van der Waals surface area contributed by atoms with E-state index < -0.39 is 17.2 Å². The monoisotopic (exact) mass is 293 g/mol. The maximum absolute atomic E-state index is 14.1. The number of hydrogen-bond acceptors (Lipinski definition) is 3. The number of alkyl halides is 2. The van der Waals surface area contributed by atoms with Gasteiger partial charge in [-0.3, -0.25) is 4.99 Å². The van der Waals surface area contributed by atoms with Gasteiger partial charge in [0.1, 0.15) is 16.0 Å². The van der Waals surface area contributed by atoms with Crippen LogP contribution in [0.1, 0.15) is 18.9 Å². The summed E-state index contributed by atoms with van der Waals surface area (Å²) in [4.78, 5) is 7.23. The molecule has 0 amide bonds. The Hall–Kier alpha value is -1.20. The number of pyridine rings is 1. The van der Waals surface area contributed by atoms with Gasteiger partial charge in [-0.25, -0.2) is 4.98 Å². The molecule has 7 heteroatoms. The second-order valence-electron chi connectivity index (χ2n) is 3.35. The predicted molar refractivity (Wildman–Crippen MR) is 69.2 cm³/mol. The van der Waals surface area contributed by atoms with Crippen molar-refractivity contribution >= 4 is 29.4 Å². The summed E-state index contributed by atoms with van der Waals surface area (Å²) in [6.07, 6.45) is 2.62. The minimum absolute atomic E-state index is 0.118. The van der Waals surface area contributed by atoms with Gasteiger partial charge in [0.2, 0.25) is 0 Å². The lowest BCUT2D eigenvalue weighted by Gasteiger charge is -2.17. The quantitative estimate of drug-likeness (QED) is 0.679. The zero-order chi connectivity index (χ0) is 13.8. The first-order chi connectivity index (χ1) is 8.41. The van der Waals surface area contributed by atoms with Crippen LogP contribution in [0.15, 0.2) is 29.0 Å². The molecule has 0 aromatic carbocycles. The van der Waals surface area contributed by atoms with E-state index in [2.05, 4.69) is 9.98 Å². The molecule has 1 heterocycles. The SMILES string of the molecule is CC/C=N\C(=C/N)C(F)(F)c1cc(Cl)nc(Cl)c1. The van der Waals surface area contributed by atoms with E-state index in [1.54, 1.807) is 6.92 Å². The molecule has 0 spiro atoms. The van der Waals surface area contributed by atoms with E-state index in [1.165, 1.54) is 6.21 Å². The van der Waals surface area contributed by atoms with Crippen molar-refractivity contribution in [3.63, 3.8) is 0 Å². The van der Waals surface area contributed by atoms with Gasteiger partial charge in [0.25, 0.3) is 0 Å². The molecule has 3 nitrogen and oxygen atoms in total. The first kappa shape index (κ1) is 14.9. The van der Waals surface area contributed by atoms with Crippen molar-refractivity contribution in [2.45, 2.75) is 19.3 Å². The molecule has 1 aromatic rings. The fraction of sp³-hybridized carbons (Fsp3) is 0.273. The molecular formula is C11H11Cl2F2N3. The van der Waals surface area contributed by atoms with Crippen LogP contribution in [0.3, 0.4) is 0 Å². The highest BCUT2D eigenvalue weighted by molar-refractivity contribution is 6.32. The molecule has 0 radical (unpaired) electrons. The normalized spacial score (nSPS) is 13.3. The Bertz CT molecular complexity index is 467. The molecule has 0 fully saturated rings. The van der Waals surface area contributed by atoms with Crippen molar-refractivity contribution in [2.24, 2.45) is 10.7 Å². The van der Waals surface area contributed by atoms with Crippen molar-refractivity contribution in [3.05, 3.63) is 39.9 Å². The van der Waals surface area contributed by atoms with E-state index >= 15 is 0 Å². The predicted octanol–water partition coefficient (Wildman–Crippen LogP) is 3.76. The Morgan fingerprint density at radius 2 is 2.00 bits per heavy atom. The number of hydrogen-bond donors (Lipinski definition) is 1. The smallest absolute Gasteiger partial charge is 0.316 e. The van der Waals surface area contributed by atoms with E-state index in [0.29, 0.717) is 6.42 Å². The van der Waals surface area contributed by atoms with Crippen LogP contribution in [-0.2, 0) is 5.92 Å². The molecule has 98 valence electrons. The maximum atomic E-state index is 14.1. The topological polar surface area (TPSA) is 51.3 Å². The zero-order valence-corrected chi connectivity index (χ0v) is 11.0. The van der Waals surface area contributed by atoms with Crippen LogP contribution >= 0.6 is 23.2 Å². The second-order valence-corrected chi connectivity index (χ2v) is 4.12. The van der Waals surface area contributed by atoms with E-state index in [0.717, 1.165) is 18.3 Å². The zero-order valence-electron chi connectivity index (χ0n) is 9.50. The van der Waals surface area contributed by atoms with Gasteiger partial charge in [0.05, 0.1) is 0 Å². The van der Waals surface area contributed by atoms with Crippen LogP contribution in [0.5, 0.6) is 0 Å². The average Bonchev–Trinajstić information content (AvgIpc) is 2.28. The third kappa shape index (κ3) is 3.40. The summed E-state index contributed by atoms with van der Waals surface area (Å²) in [7, 11) is 0. The van der Waals surface area contributed by atoms with Crippen molar-refractivity contribution in [1.82, 2.24) is 4.98 Å². The molecule has 0 aliphatic carbocycles. The molecule has 0 aliphatic heterocycles. The minimum atomic E-state index is -3.38. The number of halogens is 4. The molecule has 0 atom stereocenters. The molecule has 2 N–H and O–H groups in total. The molecule has 18 heavy (non-hydrogen) atoms. The number of allylic oxidation sites excluding steroid dienone is 1. The maximum Gasteiger partial charge on any atom is 0.316 e. The van der Waals surface area contributed by atoms with Crippen LogP contribution in [0.25, 0.3) is 0 Å². The fourth-order valence-corrected chi connectivity index (χ4v) is 1.67. The molecule has 0 aliphatic rings. The van der Waals surface area contributed by atoms with Crippen LogP contribution < -0.4 is 5.73 Å². The summed E-state index contributed by atoms with van der Waals surface area (Å²) in [5.74, 6) is -3.38. The van der Waals surface area contributed by atoms with Crippen molar-refractivity contribution in [1.29, 1.82) is 0 Å². The largest absolute Gasteiger partial charge is 0.403 e. The number of aromatic nitrogens is 1. The standard InChI is InChI=1S/C11H11Cl2F2N3/c1-2-3-17-8(6-16)11(14,15)7-4-9(12)18-10(13)5-7/h3-6H,2,16H2,1H3/b8-6-,17-3-. The van der Waals surface area contributed by atoms with Crippen LogP contribution in [0.2, 0.25) is 10.3 Å². The lowest BCUT2D eigenvalue weighted by molar-refractivity contribution is 0.0364. The van der Waals surface area contributed by atoms with Gasteiger partial charge >= 0.3 is 5.92 Å². The number of nitrogens with two attached hydrogens (primary N) is 1. The van der Waals surface area contributed by atoms with E-state index in [4.69, 9.17) is 28.9 Å². The highest BCUT2D eigenvalue weighted by Crippen LogP contribution is 2.37. The highest BCUT2D eigenvalue weighted by Gasteiger charge is 2.37. The Morgan fingerprint density at radius 1 is 1.44 bits per heavy atom. The summed E-state index contributed by atoms with van der Waals surface area (Å²) in [6.45, 7) is 1.77. The summed E-state index contributed by atoms with van der Waals surface area (Å²) in [5.41, 5.74) is 4.20. The molecular weight excluding hydrogens is 283 g/mol. The first-order valence-corrected chi connectivity index (χ1v) is 5.83. The van der Waals surface area contributed by atoms with Gasteiger partial charge in [-0.15, -0.1) is 0 Å². The Kier molecular flexibility index (Phi) is 5.04. The highest BCUT2D eigenvalue weighted by atomic mass is 35.5. The van der Waals surface area contributed by atoms with E-state index in [9.17, 15) is 8.78 Å². The van der Waals surface area contributed by atoms with Crippen LogP contribution in [0, 0.1) is 0 Å². The van der Waals surface area contributed by atoms with Gasteiger partial charge in [0, 0.05) is 18.0 Å². The Labute approximate surface area is 113 Å². The van der Waals surface area contributed by atoms with Gasteiger partial charge < -0.3 is 5.73 Å². The van der Waals surface area contributed by atoms with Gasteiger partial charge in [-0.1, -0.05) is 30.1 Å². The van der Waals surface area contributed by atoms with Gasteiger partial charge in [-0.2, -0.15) is 8.78 Å². The van der Waals surface area contributed by atoms with Gasteiger partial charge in [0.15, 0.2) is 0 Å². The fourth-order valence-electron chi connectivity index (χ4n) is 1.21. The third-order valence-electron chi connectivity index (χ3n) is 2.02. The van der Waals surface area contributed by atoms with E-state index in [1.807, 2.05) is 0 Å². The summed E-state index contributed by atoms with van der Waals surface area (Å²) in [5, 5.41) is -0.235.